The van der Waals surface area contributed by atoms with E-state index in [0.29, 0.717) is 0 Å². The minimum Gasteiger partial charge on any atom is -0.320 e. The maximum absolute atomic E-state index is 13.9. The van der Waals surface area contributed by atoms with Gasteiger partial charge < -0.3 is 5.73 Å². The zero-order valence-electron chi connectivity index (χ0n) is 10.1. The molecule has 0 aliphatic heterocycles. The normalized spacial score (nSPS) is 12.5. The van der Waals surface area contributed by atoms with Gasteiger partial charge in [0.15, 0.2) is 0 Å². The first-order valence-corrected chi connectivity index (χ1v) is 7.43. The molecule has 0 saturated carbocycles. The third kappa shape index (κ3) is 3.14. The summed E-state index contributed by atoms with van der Waals surface area (Å²) in [6.45, 7) is 1.52. The number of benzene rings is 2. The Labute approximate surface area is 132 Å². The third-order valence-corrected chi connectivity index (χ3v) is 4.30. The SMILES string of the molecule is Cc1cc(F)c(C(N)c2cc(I)ccc2Br)cc1F. The van der Waals surface area contributed by atoms with E-state index in [1.807, 2.05) is 18.2 Å². The number of nitrogens with two attached hydrogens (primary N) is 1. The zero-order chi connectivity index (χ0) is 14.2. The van der Waals surface area contributed by atoms with Gasteiger partial charge >= 0.3 is 0 Å². The summed E-state index contributed by atoms with van der Waals surface area (Å²) in [5.41, 5.74) is 7.23. The Bertz CT molecular complexity index is 631. The van der Waals surface area contributed by atoms with Gasteiger partial charge in [0.2, 0.25) is 0 Å². The van der Waals surface area contributed by atoms with E-state index in [1.54, 1.807) is 0 Å². The molecule has 1 atom stereocenters. The second-order valence-electron chi connectivity index (χ2n) is 4.27. The van der Waals surface area contributed by atoms with E-state index in [0.717, 1.165) is 13.6 Å². The molecule has 2 aromatic carbocycles. The Kier molecular flexibility index (Phi) is 4.58. The molecule has 0 spiro atoms. The predicted octanol–water partition coefficient (Wildman–Crippen LogP) is 4.69. The van der Waals surface area contributed by atoms with Gasteiger partial charge in [-0.2, -0.15) is 0 Å². The molecule has 0 aliphatic carbocycles. The summed E-state index contributed by atoms with van der Waals surface area (Å²) >= 11 is 5.54. The summed E-state index contributed by atoms with van der Waals surface area (Å²) < 4.78 is 29.3. The Morgan fingerprint density at radius 2 is 1.79 bits per heavy atom. The topological polar surface area (TPSA) is 26.0 Å². The van der Waals surface area contributed by atoms with Crippen molar-refractivity contribution in [1.82, 2.24) is 0 Å². The van der Waals surface area contributed by atoms with Crippen molar-refractivity contribution in [1.29, 1.82) is 0 Å². The lowest BCUT2D eigenvalue weighted by Gasteiger charge is -2.16. The second-order valence-corrected chi connectivity index (χ2v) is 6.37. The van der Waals surface area contributed by atoms with E-state index >= 15 is 0 Å². The van der Waals surface area contributed by atoms with Crippen molar-refractivity contribution in [3.8, 4) is 0 Å². The smallest absolute Gasteiger partial charge is 0.128 e. The van der Waals surface area contributed by atoms with Crippen molar-refractivity contribution >= 4 is 38.5 Å². The van der Waals surface area contributed by atoms with Crippen LogP contribution in [0.15, 0.2) is 34.8 Å². The van der Waals surface area contributed by atoms with Crippen LogP contribution in [0.1, 0.15) is 22.7 Å². The van der Waals surface area contributed by atoms with Crippen LogP contribution < -0.4 is 5.73 Å². The van der Waals surface area contributed by atoms with Gasteiger partial charge in [0.1, 0.15) is 11.6 Å². The molecule has 0 radical (unpaired) electrons. The van der Waals surface area contributed by atoms with Crippen LogP contribution in [0.25, 0.3) is 0 Å². The predicted molar refractivity (Wildman–Crippen MR) is 84.0 cm³/mol. The van der Waals surface area contributed by atoms with E-state index in [-0.39, 0.29) is 11.1 Å². The summed E-state index contributed by atoms with van der Waals surface area (Å²) in [6, 6.07) is 7.24. The zero-order valence-corrected chi connectivity index (χ0v) is 13.8. The monoisotopic (exact) mass is 437 g/mol. The minimum absolute atomic E-state index is 0.158. The molecule has 0 aromatic heterocycles. The summed E-state index contributed by atoms with van der Waals surface area (Å²) in [5.74, 6) is -0.939. The minimum atomic E-state index is -0.709. The first kappa shape index (κ1) is 14.9. The van der Waals surface area contributed by atoms with Gasteiger partial charge in [-0.1, -0.05) is 15.9 Å². The second kappa shape index (κ2) is 5.85. The average molecular weight is 438 g/mol. The summed E-state index contributed by atoms with van der Waals surface area (Å²) in [6.07, 6.45) is 0. The van der Waals surface area contributed by atoms with Crippen molar-refractivity contribution in [3.05, 3.63) is 66.7 Å². The maximum Gasteiger partial charge on any atom is 0.128 e. The number of aryl methyl sites for hydroxylation is 1. The Balaban J connectivity index is 2.52. The van der Waals surface area contributed by atoms with Gasteiger partial charge in [-0.15, -0.1) is 0 Å². The number of hydrogen-bond acceptors (Lipinski definition) is 1. The summed E-state index contributed by atoms with van der Waals surface area (Å²) in [7, 11) is 0. The van der Waals surface area contributed by atoms with Crippen molar-refractivity contribution in [2.24, 2.45) is 5.73 Å². The molecule has 100 valence electrons. The Morgan fingerprint density at radius 3 is 2.47 bits per heavy atom. The van der Waals surface area contributed by atoms with Gasteiger partial charge in [-0.25, -0.2) is 8.78 Å². The molecule has 5 heteroatoms. The van der Waals surface area contributed by atoms with Crippen molar-refractivity contribution < 1.29 is 8.78 Å². The molecule has 1 nitrogen and oxygen atoms in total. The molecule has 2 N–H and O–H groups in total. The van der Waals surface area contributed by atoms with Crippen LogP contribution in [0.2, 0.25) is 0 Å². The highest BCUT2D eigenvalue weighted by Gasteiger charge is 2.18. The fourth-order valence-corrected chi connectivity index (χ4v) is 2.83. The van der Waals surface area contributed by atoms with Gasteiger partial charge in [-0.05, 0) is 71.0 Å². The van der Waals surface area contributed by atoms with E-state index in [2.05, 4.69) is 38.5 Å². The maximum atomic E-state index is 13.9. The molecular formula is C14H11BrF2IN. The lowest BCUT2D eigenvalue weighted by molar-refractivity contribution is 0.570. The molecule has 1 unspecified atom stereocenters. The van der Waals surface area contributed by atoms with Crippen LogP contribution in [0.4, 0.5) is 8.78 Å². The van der Waals surface area contributed by atoms with Crippen LogP contribution in [0.3, 0.4) is 0 Å². The van der Waals surface area contributed by atoms with E-state index in [9.17, 15) is 8.78 Å². The van der Waals surface area contributed by atoms with E-state index in [1.165, 1.54) is 19.1 Å². The summed E-state index contributed by atoms with van der Waals surface area (Å²) in [4.78, 5) is 0. The number of halogens is 4. The molecule has 2 aromatic rings. The molecule has 0 bridgehead atoms. The molecule has 2 rings (SSSR count). The number of rotatable bonds is 2. The van der Waals surface area contributed by atoms with Gasteiger partial charge in [-0.3, -0.25) is 0 Å². The molecule has 0 saturated heterocycles. The highest BCUT2D eigenvalue weighted by molar-refractivity contribution is 14.1. The van der Waals surface area contributed by atoms with Crippen LogP contribution in [-0.2, 0) is 0 Å². The third-order valence-electron chi connectivity index (χ3n) is 2.91. The molecular weight excluding hydrogens is 427 g/mol. The van der Waals surface area contributed by atoms with Crippen molar-refractivity contribution in [2.75, 3.05) is 0 Å². The standard InChI is InChI=1S/C14H11BrF2IN/c1-7-4-13(17)10(6-12(7)16)14(19)9-5-8(18)2-3-11(9)15/h2-6,14H,19H2,1H3. The molecule has 0 amide bonds. The molecule has 0 aliphatic rings. The molecule has 0 heterocycles. The van der Waals surface area contributed by atoms with Crippen LogP contribution in [0, 0.1) is 22.1 Å². The van der Waals surface area contributed by atoms with E-state index in [4.69, 9.17) is 5.73 Å². The first-order chi connectivity index (χ1) is 8.90. The Morgan fingerprint density at radius 1 is 1.11 bits per heavy atom. The fraction of sp³-hybridized carbons (Fsp3) is 0.143. The van der Waals surface area contributed by atoms with E-state index < -0.39 is 17.7 Å². The molecule has 0 fully saturated rings. The largest absolute Gasteiger partial charge is 0.320 e. The number of hydrogen-bond donors (Lipinski definition) is 1. The van der Waals surface area contributed by atoms with Gasteiger partial charge in [0, 0.05) is 13.6 Å². The average Bonchev–Trinajstić information content (AvgIpc) is 2.36. The first-order valence-electron chi connectivity index (χ1n) is 5.56. The fourth-order valence-electron chi connectivity index (χ4n) is 1.82. The van der Waals surface area contributed by atoms with Crippen LogP contribution >= 0.6 is 38.5 Å². The lowest BCUT2D eigenvalue weighted by Crippen LogP contribution is -2.15. The highest BCUT2D eigenvalue weighted by atomic mass is 127. The Hall–Kier alpha value is -0.530. The highest BCUT2D eigenvalue weighted by Crippen LogP contribution is 2.30. The van der Waals surface area contributed by atoms with Crippen LogP contribution in [0.5, 0.6) is 0 Å². The van der Waals surface area contributed by atoms with Gasteiger partial charge in [0.25, 0.3) is 0 Å². The quantitative estimate of drug-likeness (QED) is 0.678. The van der Waals surface area contributed by atoms with Crippen molar-refractivity contribution in [3.63, 3.8) is 0 Å². The van der Waals surface area contributed by atoms with Gasteiger partial charge in [0.05, 0.1) is 6.04 Å². The summed E-state index contributed by atoms with van der Waals surface area (Å²) in [5, 5.41) is 0. The lowest BCUT2D eigenvalue weighted by atomic mass is 9.98. The molecule has 19 heavy (non-hydrogen) atoms. The van der Waals surface area contributed by atoms with Crippen LogP contribution in [-0.4, -0.2) is 0 Å². The van der Waals surface area contributed by atoms with Crippen molar-refractivity contribution in [2.45, 2.75) is 13.0 Å².